The average molecular weight is 322 g/mol. The van der Waals surface area contributed by atoms with Crippen LogP contribution in [0.2, 0.25) is 0 Å². The van der Waals surface area contributed by atoms with Crippen LogP contribution in [0.5, 0.6) is 11.5 Å². The number of hydrogen-bond acceptors (Lipinski definition) is 4. The number of benzene rings is 2. The maximum Gasteiger partial charge on any atom is 0.270 e. The van der Waals surface area contributed by atoms with E-state index in [0.717, 1.165) is 23.0 Å². The molecule has 1 fully saturated rings. The molecule has 0 bridgehead atoms. The molecule has 2 aromatic carbocycles. The lowest BCUT2D eigenvalue weighted by molar-refractivity contribution is 0.354. The van der Waals surface area contributed by atoms with Crippen LogP contribution in [-0.2, 0) is 0 Å². The highest BCUT2D eigenvalue weighted by Gasteiger charge is 2.42. The van der Waals surface area contributed by atoms with Crippen molar-refractivity contribution in [2.24, 2.45) is 0 Å². The van der Waals surface area contributed by atoms with Crippen molar-refractivity contribution in [3.05, 3.63) is 64.1 Å². The number of aromatic nitrogens is 2. The number of methoxy groups -OCH3 is 2. The molecule has 1 aromatic heterocycles. The van der Waals surface area contributed by atoms with Gasteiger partial charge in [0.15, 0.2) is 11.5 Å². The Hall–Kier alpha value is -2.82. The van der Waals surface area contributed by atoms with E-state index in [1.165, 1.54) is 0 Å². The quantitative estimate of drug-likeness (QED) is 0.801. The molecule has 1 aliphatic carbocycles. The van der Waals surface area contributed by atoms with Crippen LogP contribution in [0.15, 0.2) is 47.3 Å². The van der Waals surface area contributed by atoms with Gasteiger partial charge in [0.05, 0.1) is 25.3 Å². The first-order chi connectivity index (χ1) is 11.7. The first-order valence-corrected chi connectivity index (χ1v) is 7.92. The van der Waals surface area contributed by atoms with Crippen LogP contribution >= 0.6 is 0 Å². The summed E-state index contributed by atoms with van der Waals surface area (Å²) < 4.78 is 10.6. The predicted octanol–water partition coefficient (Wildman–Crippen LogP) is 3.21. The van der Waals surface area contributed by atoms with Crippen molar-refractivity contribution in [2.75, 3.05) is 14.2 Å². The van der Waals surface area contributed by atoms with Gasteiger partial charge >= 0.3 is 0 Å². The fourth-order valence-electron chi connectivity index (χ4n) is 3.24. The molecule has 2 atom stereocenters. The highest BCUT2D eigenvalue weighted by atomic mass is 16.5. The normalized spacial score (nSPS) is 19.2. The maximum atomic E-state index is 12.4. The summed E-state index contributed by atoms with van der Waals surface area (Å²) >= 11 is 0. The number of fused-ring (bicyclic) bond motifs is 1. The summed E-state index contributed by atoms with van der Waals surface area (Å²) in [6.45, 7) is 0. The fourth-order valence-corrected chi connectivity index (χ4v) is 3.24. The SMILES string of the molecule is COc1ccc(C2CC2c2nc3ccccc3[nH]c2=O)cc1OC. The molecule has 1 saturated carbocycles. The first-order valence-electron chi connectivity index (χ1n) is 7.92. The molecule has 2 unspecified atom stereocenters. The Morgan fingerprint density at radius 1 is 1.04 bits per heavy atom. The third-order valence-corrected chi connectivity index (χ3v) is 4.60. The number of rotatable bonds is 4. The van der Waals surface area contributed by atoms with Crippen molar-refractivity contribution in [3.63, 3.8) is 0 Å². The average Bonchev–Trinajstić information content (AvgIpc) is 3.41. The van der Waals surface area contributed by atoms with Gasteiger partial charge in [0, 0.05) is 5.92 Å². The van der Waals surface area contributed by atoms with Crippen LogP contribution in [-0.4, -0.2) is 24.2 Å². The lowest BCUT2D eigenvalue weighted by Gasteiger charge is -2.09. The van der Waals surface area contributed by atoms with Gasteiger partial charge in [0.25, 0.3) is 5.56 Å². The molecule has 5 nitrogen and oxygen atoms in total. The van der Waals surface area contributed by atoms with Gasteiger partial charge in [-0.3, -0.25) is 4.79 Å². The summed E-state index contributed by atoms with van der Waals surface area (Å²) in [5, 5.41) is 0. The van der Waals surface area contributed by atoms with Gasteiger partial charge in [-0.1, -0.05) is 18.2 Å². The van der Waals surface area contributed by atoms with Gasteiger partial charge in [-0.2, -0.15) is 0 Å². The van der Waals surface area contributed by atoms with Gasteiger partial charge in [0.1, 0.15) is 5.69 Å². The van der Waals surface area contributed by atoms with Gasteiger partial charge in [0.2, 0.25) is 0 Å². The van der Waals surface area contributed by atoms with Crippen molar-refractivity contribution in [3.8, 4) is 11.5 Å². The van der Waals surface area contributed by atoms with E-state index in [9.17, 15) is 4.79 Å². The van der Waals surface area contributed by atoms with E-state index in [1.807, 2.05) is 42.5 Å². The summed E-state index contributed by atoms with van der Waals surface area (Å²) in [4.78, 5) is 19.9. The van der Waals surface area contributed by atoms with E-state index in [2.05, 4.69) is 9.97 Å². The van der Waals surface area contributed by atoms with Gasteiger partial charge in [-0.25, -0.2) is 4.98 Å². The van der Waals surface area contributed by atoms with Crippen molar-refractivity contribution in [1.29, 1.82) is 0 Å². The highest BCUT2D eigenvalue weighted by molar-refractivity contribution is 5.73. The molecule has 5 heteroatoms. The number of nitrogens with zero attached hydrogens (tertiary/aromatic N) is 1. The Balaban J connectivity index is 1.67. The second kappa shape index (κ2) is 5.67. The monoisotopic (exact) mass is 322 g/mol. The lowest BCUT2D eigenvalue weighted by atomic mass is 10.1. The largest absolute Gasteiger partial charge is 0.493 e. The third-order valence-electron chi connectivity index (χ3n) is 4.60. The molecule has 1 heterocycles. The van der Waals surface area contributed by atoms with E-state index in [-0.39, 0.29) is 11.5 Å². The topological polar surface area (TPSA) is 64.2 Å². The Bertz CT molecular complexity index is 964. The third kappa shape index (κ3) is 2.42. The van der Waals surface area contributed by atoms with E-state index >= 15 is 0 Å². The minimum Gasteiger partial charge on any atom is -0.493 e. The van der Waals surface area contributed by atoms with Crippen LogP contribution in [0.4, 0.5) is 0 Å². The van der Waals surface area contributed by atoms with Crippen LogP contribution in [0.25, 0.3) is 11.0 Å². The molecule has 122 valence electrons. The van der Waals surface area contributed by atoms with Crippen molar-refractivity contribution >= 4 is 11.0 Å². The summed E-state index contributed by atoms with van der Waals surface area (Å²) in [5.74, 6) is 1.86. The van der Waals surface area contributed by atoms with Gasteiger partial charge in [-0.05, 0) is 42.2 Å². The van der Waals surface area contributed by atoms with Gasteiger partial charge < -0.3 is 14.5 Å². The molecule has 4 rings (SSSR count). The smallest absolute Gasteiger partial charge is 0.270 e. The second-order valence-corrected chi connectivity index (χ2v) is 6.03. The number of H-pyrrole nitrogens is 1. The minimum atomic E-state index is -0.0957. The Labute approximate surface area is 139 Å². The zero-order valence-corrected chi connectivity index (χ0v) is 13.6. The molecule has 3 aromatic rings. The summed E-state index contributed by atoms with van der Waals surface area (Å²) in [6.07, 6.45) is 0.921. The lowest BCUT2D eigenvalue weighted by Crippen LogP contribution is -2.14. The minimum absolute atomic E-state index is 0.0957. The molecule has 0 aliphatic heterocycles. The van der Waals surface area contributed by atoms with Crippen LogP contribution in [0.3, 0.4) is 0 Å². The maximum absolute atomic E-state index is 12.4. The molecule has 1 N–H and O–H groups in total. The molecule has 0 amide bonds. The molecular weight excluding hydrogens is 304 g/mol. The summed E-state index contributed by atoms with van der Waals surface area (Å²) in [6, 6.07) is 13.5. The zero-order valence-electron chi connectivity index (χ0n) is 13.6. The Morgan fingerprint density at radius 3 is 2.62 bits per heavy atom. The molecule has 1 aliphatic rings. The summed E-state index contributed by atoms with van der Waals surface area (Å²) in [7, 11) is 3.25. The van der Waals surface area contributed by atoms with E-state index in [1.54, 1.807) is 14.2 Å². The van der Waals surface area contributed by atoms with Crippen LogP contribution in [0.1, 0.15) is 29.5 Å². The summed E-state index contributed by atoms with van der Waals surface area (Å²) in [5.41, 5.74) is 3.27. The molecule has 0 saturated heterocycles. The molecular formula is C19H18N2O3. The van der Waals surface area contributed by atoms with E-state index in [0.29, 0.717) is 23.1 Å². The van der Waals surface area contributed by atoms with E-state index < -0.39 is 0 Å². The van der Waals surface area contributed by atoms with Crippen molar-refractivity contribution < 1.29 is 9.47 Å². The highest BCUT2D eigenvalue weighted by Crippen LogP contribution is 2.54. The van der Waals surface area contributed by atoms with Crippen LogP contribution in [0, 0.1) is 0 Å². The zero-order chi connectivity index (χ0) is 16.7. The number of aromatic amines is 1. The van der Waals surface area contributed by atoms with Gasteiger partial charge in [-0.15, -0.1) is 0 Å². The van der Waals surface area contributed by atoms with Crippen LogP contribution < -0.4 is 15.0 Å². The van der Waals surface area contributed by atoms with Crippen molar-refractivity contribution in [2.45, 2.75) is 18.3 Å². The number of nitrogens with one attached hydrogen (secondary N) is 1. The fraction of sp³-hybridized carbons (Fsp3) is 0.263. The molecule has 24 heavy (non-hydrogen) atoms. The van der Waals surface area contributed by atoms with E-state index in [4.69, 9.17) is 9.47 Å². The number of hydrogen-bond donors (Lipinski definition) is 1. The number of para-hydroxylation sites is 2. The molecule has 0 spiro atoms. The molecule has 0 radical (unpaired) electrons. The Morgan fingerprint density at radius 2 is 1.83 bits per heavy atom. The Kier molecular flexibility index (Phi) is 3.49. The number of ether oxygens (including phenoxy) is 2. The predicted molar refractivity (Wildman–Crippen MR) is 92.0 cm³/mol. The second-order valence-electron chi connectivity index (χ2n) is 6.03. The first kappa shape index (κ1) is 14.8. The standard InChI is InChI=1S/C19H18N2O3/c1-23-16-8-7-11(9-17(16)24-2)12-10-13(12)18-19(22)21-15-6-4-3-5-14(15)20-18/h3-9,12-13H,10H2,1-2H3,(H,21,22). The van der Waals surface area contributed by atoms with Crippen molar-refractivity contribution in [1.82, 2.24) is 9.97 Å².